The second-order valence-electron chi connectivity index (χ2n) is 7.73. The van der Waals surface area contributed by atoms with Crippen LogP contribution in [0.3, 0.4) is 0 Å². The van der Waals surface area contributed by atoms with Crippen LogP contribution in [0.15, 0.2) is 29.6 Å². The number of aliphatic hydroxyl groups is 4. The first kappa shape index (κ1) is 28.2. The van der Waals surface area contributed by atoms with E-state index < -0.39 is 43.0 Å². The van der Waals surface area contributed by atoms with Crippen LogP contribution >= 0.6 is 11.6 Å². The Balaban J connectivity index is 2.32. The maximum Gasteiger partial charge on any atom is 0.345 e. The van der Waals surface area contributed by atoms with Gasteiger partial charge in [0.05, 0.1) is 25.5 Å². The van der Waals surface area contributed by atoms with Crippen LogP contribution in [-0.4, -0.2) is 99.4 Å². The highest BCUT2D eigenvalue weighted by Crippen LogP contribution is 2.27. The maximum atomic E-state index is 13.1. The molecule has 1 saturated heterocycles. The van der Waals surface area contributed by atoms with Gasteiger partial charge in [-0.2, -0.15) is 5.01 Å². The number of hydrogen-bond acceptors (Lipinski definition) is 10. The van der Waals surface area contributed by atoms with Crippen LogP contribution in [0.4, 0.5) is 4.79 Å². The van der Waals surface area contributed by atoms with Crippen molar-refractivity contribution in [3.63, 3.8) is 0 Å². The van der Waals surface area contributed by atoms with Gasteiger partial charge in [-0.1, -0.05) is 25.5 Å². The average Bonchev–Trinajstić information content (AvgIpc) is 2.85. The number of alkyl halides is 1. The molecule has 1 aromatic carbocycles. The van der Waals surface area contributed by atoms with Gasteiger partial charge in [-0.15, -0.1) is 16.5 Å². The van der Waals surface area contributed by atoms with E-state index in [1.807, 2.05) is 6.92 Å². The Kier molecular flexibility index (Phi) is 11.4. The molecule has 0 saturated carbocycles. The third-order valence-corrected chi connectivity index (χ3v) is 5.54. The second kappa shape index (κ2) is 13.7. The van der Waals surface area contributed by atoms with E-state index in [0.29, 0.717) is 22.7 Å². The minimum Gasteiger partial charge on any atom is -0.497 e. The summed E-state index contributed by atoms with van der Waals surface area (Å²) in [5, 5.41) is 45.3. The molecule has 2 amide bonds. The van der Waals surface area contributed by atoms with Gasteiger partial charge in [-0.05, 0) is 24.1 Å². The van der Waals surface area contributed by atoms with Gasteiger partial charge in [0.15, 0.2) is 12.5 Å². The average molecular weight is 506 g/mol. The van der Waals surface area contributed by atoms with Gasteiger partial charge < -0.3 is 34.6 Å². The molecule has 0 spiro atoms. The van der Waals surface area contributed by atoms with Crippen LogP contribution in [0.2, 0.25) is 0 Å². The minimum absolute atomic E-state index is 0.0925. The molecule has 0 radical (unpaired) electrons. The molecule has 4 N–H and O–H groups in total. The number of hydrogen-bond donors (Lipinski definition) is 4. The van der Waals surface area contributed by atoms with Crippen LogP contribution in [-0.2, 0) is 16.0 Å². The Morgan fingerprint density at radius 2 is 1.88 bits per heavy atom. The summed E-state index contributed by atoms with van der Waals surface area (Å²) < 4.78 is 16.1. The molecule has 1 fully saturated rings. The first-order valence-corrected chi connectivity index (χ1v) is 11.4. The number of ether oxygens (including phenoxy) is 3. The van der Waals surface area contributed by atoms with Gasteiger partial charge in [-0.25, -0.2) is 4.79 Å². The lowest BCUT2D eigenvalue weighted by Crippen LogP contribution is -2.64. The fraction of sp³-hybridized carbons (Fsp3) is 0.667. The standard InChI is InChI=1S/C21H32ClN3O9/c1-3-4-11-33-20-17(28)15(26)16(27)18(34-20)19(29)24(21(30)25(23-31)10-9-22)12-13-5-7-14(32-2)8-6-13/h5-8,15-20,26-29H,3-4,9-12H2,1-2H3/t15-,16-,17+,18-,19?,20-/m0/s1. The normalized spacial score (nSPS) is 25.4. The van der Waals surface area contributed by atoms with Crippen molar-refractivity contribution < 1.29 is 39.4 Å². The highest BCUT2D eigenvalue weighted by Gasteiger charge is 2.49. The van der Waals surface area contributed by atoms with Crippen LogP contribution in [0, 0.1) is 4.91 Å². The molecule has 13 heteroatoms. The van der Waals surface area contributed by atoms with E-state index in [2.05, 4.69) is 5.29 Å². The summed E-state index contributed by atoms with van der Waals surface area (Å²) in [6.07, 6.45) is -8.40. The molecule has 34 heavy (non-hydrogen) atoms. The molecular formula is C21H32ClN3O9. The van der Waals surface area contributed by atoms with Crippen LogP contribution < -0.4 is 4.74 Å². The molecule has 0 bridgehead atoms. The van der Waals surface area contributed by atoms with Gasteiger partial charge in [0.1, 0.15) is 30.2 Å². The first-order valence-electron chi connectivity index (χ1n) is 10.9. The van der Waals surface area contributed by atoms with Crippen LogP contribution in [0.25, 0.3) is 0 Å². The summed E-state index contributed by atoms with van der Waals surface area (Å²) >= 11 is 5.65. The zero-order chi connectivity index (χ0) is 25.3. The number of unbranched alkanes of at least 4 members (excludes halogenated alkanes) is 1. The van der Waals surface area contributed by atoms with Gasteiger partial charge in [0, 0.05) is 12.5 Å². The van der Waals surface area contributed by atoms with Crippen LogP contribution in [0.1, 0.15) is 25.3 Å². The molecule has 1 aliphatic rings. The number of aliphatic hydroxyl groups excluding tert-OH is 4. The number of carbonyl (C=O) groups is 1. The lowest BCUT2D eigenvalue weighted by Gasteiger charge is -2.44. The topological polar surface area (TPSA) is 162 Å². The number of nitrogens with zero attached hydrogens (tertiary/aromatic N) is 3. The van der Waals surface area contributed by atoms with E-state index in [1.165, 1.54) is 7.11 Å². The van der Waals surface area contributed by atoms with Crippen molar-refractivity contribution in [3.8, 4) is 5.75 Å². The number of urea groups is 1. The highest BCUT2D eigenvalue weighted by molar-refractivity contribution is 6.18. The number of benzene rings is 1. The Morgan fingerprint density at radius 1 is 1.21 bits per heavy atom. The maximum absolute atomic E-state index is 13.1. The lowest BCUT2D eigenvalue weighted by molar-refractivity contribution is -0.318. The number of methoxy groups -OCH3 is 1. The van der Waals surface area contributed by atoms with Crippen molar-refractivity contribution in [1.82, 2.24) is 9.91 Å². The molecule has 1 aliphatic heterocycles. The quantitative estimate of drug-likeness (QED) is 0.106. The number of rotatable bonds is 12. The molecule has 1 heterocycles. The molecule has 1 aromatic rings. The third-order valence-electron chi connectivity index (χ3n) is 5.37. The number of halogens is 1. The predicted molar refractivity (Wildman–Crippen MR) is 121 cm³/mol. The molecule has 192 valence electrons. The van der Waals surface area contributed by atoms with E-state index in [1.54, 1.807) is 24.3 Å². The first-order chi connectivity index (χ1) is 16.3. The van der Waals surface area contributed by atoms with Gasteiger partial charge in [0.2, 0.25) is 0 Å². The summed E-state index contributed by atoms with van der Waals surface area (Å²) in [6, 6.07) is 5.56. The molecule has 1 unspecified atom stereocenters. The van der Waals surface area contributed by atoms with E-state index in [-0.39, 0.29) is 25.6 Å². The number of amides is 2. The van der Waals surface area contributed by atoms with E-state index in [9.17, 15) is 30.1 Å². The van der Waals surface area contributed by atoms with Crippen molar-refractivity contribution in [2.75, 3.05) is 26.1 Å². The zero-order valence-electron chi connectivity index (χ0n) is 19.1. The third kappa shape index (κ3) is 6.98. The number of nitroso groups, excluding NO2 is 1. The molecule has 0 aromatic heterocycles. The highest BCUT2D eigenvalue weighted by atomic mass is 35.5. The Morgan fingerprint density at radius 3 is 2.44 bits per heavy atom. The van der Waals surface area contributed by atoms with E-state index in [0.717, 1.165) is 11.3 Å². The van der Waals surface area contributed by atoms with Crippen molar-refractivity contribution >= 4 is 17.6 Å². The summed E-state index contributed by atoms with van der Waals surface area (Å²) in [4.78, 5) is 25.1. The fourth-order valence-electron chi connectivity index (χ4n) is 3.38. The van der Waals surface area contributed by atoms with Crippen molar-refractivity contribution in [3.05, 3.63) is 34.7 Å². The predicted octanol–water partition coefficient (Wildman–Crippen LogP) is 0.782. The second-order valence-corrected chi connectivity index (χ2v) is 8.11. The molecule has 6 atom stereocenters. The SMILES string of the molecule is CCCCO[C@H]1O[C@H](C(O)N(Cc2ccc(OC)cc2)C(=O)N(CCCl)N=O)[C@@H](O)[C@H](O)[C@H]1O. The fourth-order valence-corrected chi connectivity index (χ4v) is 3.54. The Labute approximate surface area is 202 Å². The minimum atomic E-state index is -1.86. The molecule has 0 aliphatic carbocycles. The lowest BCUT2D eigenvalue weighted by atomic mass is 9.97. The Bertz CT molecular complexity index is 772. The summed E-state index contributed by atoms with van der Waals surface area (Å²) in [6.45, 7) is 1.69. The molecule has 2 rings (SSSR count). The van der Waals surface area contributed by atoms with E-state index >= 15 is 0 Å². The van der Waals surface area contributed by atoms with Crippen molar-refractivity contribution in [2.24, 2.45) is 5.29 Å². The number of carbonyl (C=O) groups excluding carboxylic acids is 1. The van der Waals surface area contributed by atoms with Gasteiger partial charge >= 0.3 is 6.03 Å². The van der Waals surface area contributed by atoms with Gasteiger partial charge in [-0.3, -0.25) is 4.90 Å². The van der Waals surface area contributed by atoms with E-state index in [4.69, 9.17) is 25.8 Å². The molecular weight excluding hydrogens is 474 g/mol. The van der Waals surface area contributed by atoms with Gasteiger partial charge in [0.25, 0.3) is 0 Å². The Hall–Kier alpha value is -2.06. The smallest absolute Gasteiger partial charge is 0.345 e. The van der Waals surface area contributed by atoms with Crippen molar-refractivity contribution in [2.45, 2.75) is 63.2 Å². The van der Waals surface area contributed by atoms with Crippen LogP contribution in [0.5, 0.6) is 5.75 Å². The summed E-state index contributed by atoms with van der Waals surface area (Å²) in [5.74, 6) is 0.473. The summed E-state index contributed by atoms with van der Waals surface area (Å²) in [5.41, 5.74) is 0.548. The monoisotopic (exact) mass is 505 g/mol. The van der Waals surface area contributed by atoms with Crippen molar-refractivity contribution in [1.29, 1.82) is 0 Å². The summed E-state index contributed by atoms with van der Waals surface area (Å²) in [7, 11) is 1.49. The molecule has 12 nitrogen and oxygen atoms in total. The zero-order valence-corrected chi connectivity index (χ0v) is 19.8. The largest absolute Gasteiger partial charge is 0.497 e.